The highest BCUT2D eigenvalue weighted by atomic mass is 32.2. The Bertz CT molecular complexity index is 986. The van der Waals surface area contributed by atoms with Crippen molar-refractivity contribution in [1.82, 2.24) is 4.98 Å². The fourth-order valence-electron chi connectivity index (χ4n) is 2.70. The molecule has 1 heterocycles. The molecule has 3 rings (SSSR count). The second kappa shape index (κ2) is 8.53. The molecule has 0 aliphatic carbocycles. The van der Waals surface area contributed by atoms with E-state index in [-0.39, 0.29) is 0 Å². The highest BCUT2D eigenvalue weighted by Crippen LogP contribution is 2.35. The number of hydrogen-bond acceptors (Lipinski definition) is 3. The number of aryl methyl sites for hydroxylation is 2. The number of rotatable bonds is 5. The average molecular weight is 420 g/mol. The molecule has 0 aliphatic heterocycles. The molecule has 0 bridgehead atoms. The lowest BCUT2D eigenvalue weighted by Crippen LogP contribution is -2.03. The molecule has 6 heteroatoms. The van der Waals surface area contributed by atoms with E-state index in [0.29, 0.717) is 5.56 Å². The van der Waals surface area contributed by atoms with Crippen LogP contribution in [0, 0.1) is 13.8 Å². The molecule has 0 spiro atoms. The van der Waals surface area contributed by atoms with Gasteiger partial charge < -0.3 is 0 Å². The summed E-state index contributed by atoms with van der Waals surface area (Å²) in [4.78, 5) is 6.87. The topological polar surface area (TPSA) is 12.9 Å². The summed E-state index contributed by atoms with van der Waals surface area (Å²) >= 11 is 3.27. The van der Waals surface area contributed by atoms with Crippen LogP contribution in [0.4, 0.5) is 13.2 Å². The normalized spacial score (nSPS) is 12.1. The smallest absolute Gasteiger partial charge is 0.241 e. The number of alkyl halides is 3. The van der Waals surface area contributed by atoms with Crippen LogP contribution in [0.25, 0.3) is 16.6 Å². The van der Waals surface area contributed by atoms with E-state index in [1.807, 2.05) is 19.9 Å². The fourth-order valence-corrected chi connectivity index (χ4v) is 4.86. The van der Waals surface area contributed by atoms with Crippen LogP contribution in [0.15, 0.2) is 53.4 Å². The minimum atomic E-state index is -4.32. The Morgan fingerprint density at radius 2 is 1.79 bits per heavy atom. The standard InChI is InChI=1S/C22H20F3NS2/c1-4-5-17-12-19(11-6-14(17)2)27-13-20-15(3)26-21(28-20)16-7-9-18(10-8-16)22(23,24)25/h4-12H,13H2,1-3H3/b5-4-. The molecule has 0 saturated heterocycles. The first-order valence-electron chi connectivity index (χ1n) is 8.78. The number of thioether (sulfide) groups is 1. The molecule has 3 aromatic rings. The van der Waals surface area contributed by atoms with Crippen LogP contribution in [0.3, 0.4) is 0 Å². The van der Waals surface area contributed by atoms with Crippen LogP contribution >= 0.6 is 23.1 Å². The van der Waals surface area contributed by atoms with Crippen molar-refractivity contribution in [2.24, 2.45) is 0 Å². The van der Waals surface area contributed by atoms with Crippen molar-refractivity contribution in [3.63, 3.8) is 0 Å². The molecule has 0 radical (unpaired) electrons. The van der Waals surface area contributed by atoms with Gasteiger partial charge in [0.05, 0.1) is 11.3 Å². The van der Waals surface area contributed by atoms with E-state index in [0.717, 1.165) is 33.5 Å². The van der Waals surface area contributed by atoms with E-state index in [4.69, 9.17) is 0 Å². The molecule has 0 amide bonds. The molecular weight excluding hydrogens is 399 g/mol. The first-order chi connectivity index (χ1) is 13.3. The average Bonchev–Trinajstić information content (AvgIpc) is 3.03. The third kappa shape index (κ3) is 4.86. The lowest BCUT2D eigenvalue weighted by atomic mass is 10.1. The van der Waals surface area contributed by atoms with Crippen molar-refractivity contribution in [1.29, 1.82) is 0 Å². The van der Waals surface area contributed by atoms with Crippen LogP contribution in [0.2, 0.25) is 0 Å². The molecule has 146 valence electrons. The predicted octanol–water partition coefficient (Wildman–Crippen LogP) is 7.77. The van der Waals surface area contributed by atoms with E-state index in [1.165, 1.54) is 39.5 Å². The van der Waals surface area contributed by atoms with E-state index < -0.39 is 11.7 Å². The number of allylic oxidation sites excluding steroid dienone is 1. The van der Waals surface area contributed by atoms with Crippen LogP contribution in [0.5, 0.6) is 0 Å². The molecular formula is C22H20F3NS2. The first kappa shape index (κ1) is 20.7. The number of aromatic nitrogens is 1. The SMILES string of the molecule is C/C=C\c1cc(SCc2sc(-c3ccc(C(F)(F)F)cc3)nc2C)ccc1C. The van der Waals surface area contributed by atoms with Crippen LogP contribution in [-0.2, 0) is 11.9 Å². The number of hydrogen-bond donors (Lipinski definition) is 0. The summed E-state index contributed by atoms with van der Waals surface area (Å²) in [6.07, 6.45) is -0.195. The fraction of sp³-hybridized carbons (Fsp3) is 0.227. The second-order valence-electron chi connectivity index (χ2n) is 6.41. The van der Waals surface area contributed by atoms with Gasteiger partial charge in [-0.15, -0.1) is 23.1 Å². The maximum Gasteiger partial charge on any atom is 0.416 e. The van der Waals surface area contributed by atoms with Gasteiger partial charge in [-0.1, -0.05) is 30.4 Å². The van der Waals surface area contributed by atoms with Gasteiger partial charge in [-0.2, -0.15) is 13.2 Å². The monoisotopic (exact) mass is 419 g/mol. The van der Waals surface area contributed by atoms with Gasteiger partial charge in [-0.25, -0.2) is 4.98 Å². The lowest BCUT2D eigenvalue weighted by molar-refractivity contribution is -0.137. The Morgan fingerprint density at radius 1 is 1.07 bits per heavy atom. The Kier molecular flexibility index (Phi) is 6.30. The zero-order valence-corrected chi connectivity index (χ0v) is 17.4. The maximum atomic E-state index is 12.7. The number of nitrogens with zero attached hydrogens (tertiary/aromatic N) is 1. The van der Waals surface area contributed by atoms with Gasteiger partial charge in [0, 0.05) is 21.1 Å². The summed E-state index contributed by atoms with van der Waals surface area (Å²) in [6.45, 7) is 6.04. The molecule has 0 unspecified atom stereocenters. The Balaban J connectivity index is 1.75. The second-order valence-corrected chi connectivity index (χ2v) is 8.54. The molecule has 1 aromatic heterocycles. The largest absolute Gasteiger partial charge is 0.416 e. The molecule has 0 saturated carbocycles. The predicted molar refractivity (Wildman–Crippen MR) is 113 cm³/mol. The van der Waals surface area contributed by atoms with Crippen molar-refractivity contribution in [3.8, 4) is 10.6 Å². The summed E-state index contributed by atoms with van der Waals surface area (Å²) in [6, 6.07) is 11.6. The molecule has 0 atom stereocenters. The highest BCUT2D eigenvalue weighted by molar-refractivity contribution is 7.98. The summed E-state index contributed by atoms with van der Waals surface area (Å²) in [7, 11) is 0. The summed E-state index contributed by atoms with van der Waals surface area (Å²) in [5, 5.41) is 0.750. The summed E-state index contributed by atoms with van der Waals surface area (Å²) in [5.41, 5.74) is 3.44. The van der Waals surface area contributed by atoms with Crippen molar-refractivity contribution < 1.29 is 13.2 Å². The molecule has 0 fully saturated rings. The van der Waals surface area contributed by atoms with Crippen molar-refractivity contribution in [2.45, 2.75) is 37.6 Å². The van der Waals surface area contributed by atoms with Crippen LogP contribution in [-0.4, -0.2) is 4.98 Å². The molecule has 0 N–H and O–H groups in total. The van der Waals surface area contributed by atoms with Gasteiger partial charge >= 0.3 is 6.18 Å². The van der Waals surface area contributed by atoms with E-state index in [1.54, 1.807) is 11.8 Å². The van der Waals surface area contributed by atoms with Crippen LogP contribution in [0.1, 0.15) is 34.2 Å². The lowest BCUT2D eigenvalue weighted by Gasteiger charge is -2.06. The maximum absolute atomic E-state index is 12.7. The van der Waals surface area contributed by atoms with Crippen molar-refractivity contribution in [3.05, 3.63) is 75.8 Å². The Labute approximate surface area is 171 Å². The molecule has 0 aliphatic rings. The van der Waals surface area contributed by atoms with Crippen LogP contribution < -0.4 is 0 Å². The first-order valence-corrected chi connectivity index (χ1v) is 10.6. The van der Waals surface area contributed by atoms with Gasteiger partial charge in [-0.05, 0) is 56.2 Å². The summed E-state index contributed by atoms with van der Waals surface area (Å²) < 4.78 is 38.2. The Morgan fingerprint density at radius 3 is 2.43 bits per heavy atom. The third-order valence-electron chi connectivity index (χ3n) is 4.32. The highest BCUT2D eigenvalue weighted by Gasteiger charge is 2.30. The molecule has 1 nitrogen and oxygen atoms in total. The Hall–Kier alpha value is -2.05. The van der Waals surface area contributed by atoms with Gasteiger partial charge in [0.25, 0.3) is 0 Å². The minimum Gasteiger partial charge on any atom is -0.241 e. The van der Waals surface area contributed by atoms with E-state index in [9.17, 15) is 13.2 Å². The zero-order valence-electron chi connectivity index (χ0n) is 15.8. The number of halogens is 3. The quantitative estimate of drug-likeness (QED) is 0.392. The minimum absolute atomic E-state index is 0.642. The van der Waals surface area contributed by atoms with Crippen molar-refractivity contribution >= 4 is 29.2 Å². The van der Waals surface area contributed by atoms with E-state index in [2.05, 4.69) is 36.2 Å². The van der Waals surface area contributed by atoms with Crippen molar-refractivity contribution in [2.75, 3.05) is 0 Å². The third-order valence-corrected chi connectivity index (χ3v) is 6.73. The van der Waals surface area contributed by atoms with Gasteiger partial charge in [-0.3, -0.25) is 0 Å². The zero-order chi connectivity index (χ0) is 20.3. The molecule has 28 heavy (non-hydrogen) atoms. The molecule has 2 aromatic carbocycles. The van der Waals surface area contributed by atoms with Gasteiger partial charge in [0.15, 0.2) is 0 Å². The number of thiazole rings is 1. The van der Waals surface area contributed by atoms with Gasteiger partial charge in [0.2, 0.25) is 0 Å². The summed E-state index contributed by atoms with van der Waals surface area (Å²) in [5.74, 6) is 0.780. The van der Waals surface area contributed by atoms with Gasteiger partial charge in [0.1, 0.15) is 5.01 Å². The van der Waals surface area contributed by atoms with E-state index >= 15 is 0 Å². The number of benzene rings is 2.